The first-order valence-electron chi connectivity index (χ1n) is 8.06. The van der Waals surface area contributed by atoms with Gasteiger partial charge in [-0.25, -0.2) is 0 Å². The van der Waals surface area contributed by atoms with Crippen LogP contribution in [-0.2, 0) is 18.3 Å². The zero-order chi connectivity index (χ0) is 15.2. The molecule has 0 saturated heterocycles. The number of hydrogen-bond acceptors (Lipinski definition) is 1. The van der Waals surface area contributed by atoms with Gasteiger partial charge in [0, 0.05) is 5.56 Å². The van der Waals surface area contributed by atoms with Crippen LogP contribution in [0.3, 0.4) is 0 Å². The van der Waals surface area contributed by atoms with E-state index < -0.39 is 0 Å². The largest absolute Gasteiger partial charge is 0.298 e. The fraction of sp³-hybridized carbons (Fsp3) is 0.632. The molecule has 0 spiro atoms. The van der Waals surface area contributed by atoms with E-state index in [1.54, 1.807) is 0 Å². The minimum atomic E-state index is 0.0293. The molecule has 0 aliphatic carbocycles. The van der Waals surface area contributed by atoms with Gasteiger partial charge in [-0.05, 0) is 47.8 Å². The predicted octanol–water partition coefficient (Wildman–Crippen LogP) is 5.48. The van der Waals surface area contributed by atoms with E-state index in [2.05, 4.69) is 40.7 Å². The van der Waals surface area contributed by atoms with Crippen molar-refractivity contribution >= 4 is 6.29 Å². The minimum absolute atomic E-state index is 0.0293. The van der Waals surface area contributed by atoms with Crippen LogP contribution in [0.15, 0.2) is 12.1 Å². The maximum atomic E-state index is 11.4. The van der Waals surface area contributed by atoms with Crippen molar-refractivity contribution in [3.8, 4) is 0 Å². The molecule has 0 bridgehead atoms. The highest BCUT2D eigenvalue weighted by Crippen LogP contribution is 2.32. The van der Waals surface area contributed by atoms with Gasteiger partial charge >= 0.3 is 0 Å². The molecule has 1 aromatic carbocycles. The summed E-state index contributed by atoms with van der Waals surface area (Å²) >= 11 is 0. The van der Waals surface area contributed by atoms with Crippen molar-refractivity contribution in [1.82, 2.24) is 0 Å². The summed E-state index contributed by atoms with van der Waals surface area (Å²) in [4.78, 5) is 11.4. The van der Waals surface area contributed by atoms with Gasteiger partial charge in [0.1, 0.15) is 6.29 Å². The molecule has 0 amide bonds. The molecule has 0 heterocycles. The molecular formula is C19H30O. The molecule has 0 fully saturated rings. The average Bonchev–Trinajstić information content (AvgIpc) is 2.41. The Morgan fingerprint density at radius 2 is 1.60 bits per heavy atom. The van der Waals surface area contributed by atoms with E-state index in [-0.39, 0.29) is 5.41 Å². The molecule has 0 aliphatic heterocycles. The lowest BCUT2D eigenvalue weighted by molar-refractivity contribution is 0.112. The van der Waals surface area contributed by atoms with Crippen LogP contribution >= 0.6 is 0 Å². The molecule has 0 aromatic heterocycles. The molecule has 1 heteroatoms. The van der Waals surface area contributed by atoms with Crippen molar-refractivity contribution in [2.24, 2.45) is 0 Å². The first-order chi connectivity index (χ1) is 9.45. The number of rotatable bonds is 7. The van der Waals surface area contributed by atoms with Gasteiger partial charge in [0.25, 0.3) is 0 Å². The van der Waals surface area contributed by atoms with Gasteiger partial charge in [0.15, 0.2) is 0 Å². The van der Waals surface area contributed by atoms with Crippen molar-refractivity contribution in [3.05, 3.63) is 34.4 Å². The second-order valence-corrected chi connectivity index (χ2v) is 6.74. The molecule has 0 radical (unpaired) electrons. The highest BCUT2D eigenvalue weighted by Gasteiger charge is 2.23. The molecule has 20 heavy (non-hydrogen) atoms. The van der Waals surface area contributed by atoms with Crippen molar-refractivity contribution in [3.63, 3.8) is 0 Å². The van der Waals surface area contributed by atoms with E-state index in [9.17, 15) is 4.79 Å². The Bertz CT molecular complexity index is 438. The summed E-state index contributed by atoms with van der Waals surface area (Å²) in [6.45, 7) is 11.1. The molecule has 0 aliphatic rings. The van der Waals surface area contributed by atoms with Crippen LogP contribution in [0.25, 0.3) is 0 Å². The zero-order valence-electron chi connectivity index (χ0n) is 13.9. The normalized spacial score (nSPS) is 11.7. The van der Waals surface area contributed by atoms with Gasteiger partial charge in [0.05, 0.1) is 0 Å². The van der Waals surface area contributed by atoms with E-state index in [4.69, 9.17) is 0 Å². The van der Waals surface area contributed by atoms with Gasteiger partial charge in [0.2, 0.25) is 0 Å². The van der Waals surface area contributed by atoms with Crippen molar-refractivity contribution in [1.29, 1.82) is 0 Å². The molecule has 1 nitrogen and oxygen atoms in total. The SMILES string of the molecule is CCCCc1ccc(C=O)c(C(C)(C)C)c1CCCC. The highest BCUT2D eigenvalue weighted by atomic mass is 16.1. The first-order valence-corrected chi connectivity index (χ1v) is 8.06. The van der Waals surface area contributed by atoms with Crippen LogP contribution in [0.2, 0.25) is 0 Å². The zero-order valence-corrected chi connectivity index (χ0v) is 13.9. The van der Waals surface area contributed by atoms with E-state index in [1.165, 1.54) is 42.4 Å². The van der Waals surface area contributed by atoms with Crippen molar-refractivity contribution in [2.75, 3.05) is 0 Å². The molecule has 0 saturated carbocycles. The van der Waals surface area contributed by atoms with Gasteiger partial charge in [-0.3, -0.25) is 4.79 Å². The second kappa shape index (κ2) is 7.61. The van der Waals surface area contributed by atoms with Gasteiger partial charge in [-0.1, -0.05) is 59.6 Å². The van der Waals surface area contributed by atoms with Crippen LogP contribution in [0, 0.1) is 0 Å². The number of aldehydes is 1. The van der Waals surface area contributed by atoms with Gasteiger partial charge in [-0.2, -0.15) is 0 Å². The second-order valence-electron chi connectivity index (χ2n) is 6.74. The number of carbonyl (C=O) groups excluding carboxylic acids is 1. The number of unbranched alkanes of at least 4 members (excludes halogenated alkanes) is 2. The van der Waals surface area contributed by atoms with Crippen molar-refractivity contribution in [2.45, 2.75) is 78.6 Å². The third kappa shape index (κ3) is 4.19. The number of benzene rings is 1. The number of hydrogen-bond donors (Lipinski definition) is 0. The lowest BCUT2D eigenvalue weighted by Gasteiger charge is -2.27. The third-order valence-electron chi connectivity index (χ3n) is 3.90. The Morgan fingerprint density at radius 3 is 2.10 bits per heavy atom. The summed E-state index contributed by atoms with van der Waals surface area (Å²) in [5, 5.41) is 0. The van der Waals surface area contributed by atoms with E-state index in [0.29, 0.717) is 0 Å². The Balaban J connectivity index is 3.35. The topological polar surface area (TPSA) is 17.1 Å². The summed E-state index contributed by atoms with van der Waals surface area (Å²) in [6, 6.07) is 4.20. The van der Waals surface area contributed by atoms with Crippen LogP contribution < -0.4 is 0 Å². The Hall–Kier alpha value is -1.11. The first kappa shape index (κ1) is 16.9. The summed E-state index contributed by atoms with van der Waals surface area (Å²) < 4.78 is 0. The average molecular weight is 274 g/mol. The Morgan fingerprint density at radius 1 is 1.00 bits per heavy atom. The molecular weight excluding hydrogens is 244 g/mol. The van der Waals surface area contributed by atoms with E-state index >= 15 is 0 Å². The molecule has 1 rings (SSSR count). The van der Waals surface area contributed by atoms with Crippen LogP contribution in [0.1, 0.15) is 87.4 Å². The maximum Gasteiger partial charge on any atom is 0.150 e. The smallest absolute Gasteiger partial charge is 0.150 e. The molecule has 0 N–H and O–H groups in total. The molecule has 0 unspecified atom stereocenters. The fourth-order valence-electron chi connectivity index (χ4n) is 2.93. The highest BCUT2D eigenvalue weighted by molar-refractivity contribution is 5.79. The summed E-state index contributed by atoms with van der Waals surface area (Å²) in [5.74, 6) is 0. The van der Waals surface area contributed by atoms with Crippen LogP contribution in [0.4, 0.5) is 0 Å². The van der Waals surface area contributed by atoms with Crippen LogP contribution in [0.5, 0.6) is 0 Å². The Kier molecular flexibility index (Phi) is 6.45. The molecule has 1 aromatic rings. The lowest BCUT2D eigenvalue weighted by Crippen LogP contribution is -2.19. The summed E-state index contributed by atoms with van der Waals surface area (Å²) in [5.41, 5.74) is 5.08. The molecule has 0 atom stereocenters. The van der Waals surface area contributed by atoms with Crippen molar-refractivity contribution < 1.29 is 4.79 Å². The number of aryl methyl sites for hydroxylation is 1. The third-order valence-corrected chi connectivity index (χ3v) is 3.90. The predicted molar refractivity (Wildman–Crippen MR) is 87.8 cm³/mol. The van der Waals surface area contributed by atoms with Gasteiger partial charge in [-0.15, -0.1) is 0 Å². The quantitative estimate of drug-likeness (QED) is 0.601. The molecule has 112 valence electrons. The van der Waals surface area contributed by atoms with Gasteiger partial charge < -0.3 is 0 Å². The summed E-state index contributed by atoms with van der Waals surface area (Å²) in [6.07, 6.45) is 8.10. The fourth-order valence-corrected chi connectivity index (χ4v) is 2.93. The van der Waals surface area contributed by atoms with E-state index in [1.807, 2.05) is 6.07 Å². The van der Waals surface area contributed by atoms with Crippen LogP contribution in [-0.4, -0.2) is 6.29 Å². The summed E-state index contributed by atoms with van der Waals surface area (Å²) in [7, 11) is 0. The lowest BCUT2D eigenvalue weighted by atomic mass is 9.77. The van der Waals surface area contributed by atoms with E-state index in [0.717, 1.165) is 24.7 Å². The number of carbonyl (C=O) groups is 1. The monoisotopic (exact) mass is 274 g/mol. The Labute approximate surface area is 124 Å². The maximum absolute atomic E-state index is 11.4. The standard InChI is InChI=1S/C19H30O/c1-6-8-10-15-12-13-16(14-20)18(19(3,4)5)17(15)11-9-7-2/h12-14H,6-11H2,1-5H3. The minimum Gasteiger partial charge on any atom is -0.298 e.